The van der Waals surface area contributed by atoms with Crippen LogP contribution in [0.1, 0.15) is 0 Å². The average molecular weight is 255 g/mol. The van der Waals surface area contributed by atoms with E-state index in [0.717, 1.165) is 0 Å². The van der Waals surface area contributed by atoms with Crippen LogP contribution in [0.25, 0.3) is 0 Å². The molecule has 1 aromatic rings. The zero-order valence-electron chi connectivity index (χ0n) is 9.31. The van der Waals surface area contributed by atoms with Gasteiger partial charge in [-0.15, -0.1) is 0 Å². The highest BCUT2D eigenvalue weighted by atomic mass is 32.2. The summed E-state index contributed by atoms with van der Waals surface area (Å²) in [4.78, 5) is 7.79. The third kappa shape index (κ3) is 2.75. The maximum atomic E-state index is 11.0. The highest BCUT2D eigenvalue weighted by Crippen LogP contribution is 2.20. The SMILES string of the molecule is CN1C=NCN(c2cccc(S(=O)(=O)O)c2)C1. The summed E-state index contributed by atoms with van der Waals surface area (Å²) < 4.78 is 31.0. The summed E-state index contributed by atoms with van der Waals surface area (Å²) in [5, 5.41) is 0. The summed E-state index contributed by atoms with van der Waals surface area (Å²) in [5.74, 6) is 0. The van der Waals surface area contributed by atoms with Crippen LogP contribution in [0.3, 0.4) is 0 Å². The number of hydrogen-bond acceptors (Lipinski definition) is 5. The van der Waals surface area contributed by atoms with Gasteiger partial charge in [0.2, 0.25) is 0 Å². The second-order valence-electron chi connectivity index (χ2n) is 3.85. The molecule has 0 aromatic heterocycles. The van der Waals surface area contributed by atoms with Crippen LogP contribution in [0.2, 0.25) is 0 Å². The van der Waals surface area contributed by atoms with E-state index in [1.165, 1.54) is 12.1 Å². The molecular formula is C10H13N3O3S. The quantitative estimate of drug-likeness (QED) is 0.785. The molecule has 1 aromatic carbocycles. The summed E-state index contributed by atoms with van der Waals surface area (Å²) in [6.45, 7) is 1.09. The minimum absolute atomic E-state index is 0.104. The largest absolute Gasteiger partial charge is 0.348 e. The van der Waals surface area contributed by atoms with Gasteiger partial charge in [-0.2, -0.15) is 8.42 Å². The Morgan fingerprint density at radius 1 is 1.41 bits per heavy atom. The molecule has 0 radical (unpaired) electrons. The van der Waals surface area contributed by atoms with Gasteiger partial charge in [0.1, 0.15) is 6.67 Å². The molecular weight excluding hydrogens is 242 g/mol. The van der Waals surface area contributed by atoms with Gasteiger partial charge in [0.05, 0.1) is 17.9 Å². The van der Waals surface area contributed by atoms with Crippen LogP contribution < -0.4 is 4.90 Å². The van der Waals surface area contributed by atoms with Crippen molar-refractivity contribution in [2.75, 3.05) is 25.3 Å². The Hall–Kier alpha value is -1.60. The predicted molar refractivity (Wildman–Crippen MR) is 64.7 cm³/mol. The van der Waals surface area contributed by atoms with E-state index in [1.54, 1.807) is 18.5 Å². The normalized spacial score (nSPS) is 16.4. The molecule has 92 valence electrons. The molecule has 0 amide bonds. The van der Waals surface area contributed by atoms with Crippen LogP contribution in [0.5, 0.6) is 0 Å². The standard InChI is InChI=1S/C10H13N3O3S/c1-12-6-11-7-13(8-12)9-3-2-4-10(5-9)17(14,15)16/h2-6H,7-8H2,1H3,(H,14,15,16). The Bertz CT molecular complexity index is 541. The molecule has 0 fully saturated rings. The fraction of sp³-hybridized carbons (Fsp3) is 0.300. The van der Waals surface area contributed by atoms with E-state index in [0.29, 0.717) is 19.0 Å². The second-order valence-corrected chi connectivity index (χ2v) is 5.27. The van der Waals surface area contributed by atoms with E-state index in [9.17, 15) is 8.42 Å². The molecule has 0 unspecified atom stereocenters. The van der Waals surface area contributed by atoms with Crippen LogP contribution in [-0.4, -0.2) is 44.6 Å². The molecule has 1 aliphatic heterocycles. The van der Waals surface area contributed by atoms with E-state index in [1.807, 2.05) is 16.8 Å². The molecule has 1 heterocycles. The molecule has 0 atom stereocenters. The number of nitrogens with zero attached hydrogens (tertiary/aromatic N) is 3. The van der Waals surface area contributed by atoms with Gasteiger partial charge in [0.15, 0.2) is 0 Å². The highest BCUT2D eigenvalue weighted by molar-refractivity contribution is 7.85. The Labute approximate surface area is 99.9 Å². The zero-order chi connectivity index (χ0) is 12.5. The van der Waals surface area contributed by atoms with Gasteiger partial charge >= 0.3 is 0 Å². The highest BCUT2D eigenvalue weighted by Gasteiger charge is 2.14. The first-order valence-electron chi connectivity index (χ1n) is 4.99. The van der Waals surface area contributed by atoms with Crippen molar-refractivity contribution < 1.29 is 13.0 Å². The van der Waals surface area contributed by atoms with E-state index in [4.69, 9.17) is 4.55 Å². The third-order valence-corrected chi connectivity index (χ3v) is 3.26. The van der Waals surface area contributed by atoms with E-state index < -0.39 is 10.1 Å². The smallest absolute Gasteiger partial charge is 0.294 e. The Morgan fingerprint density at radius 2 is 2.18 bits per heavy atom. The van der Waals surface area contributed by atoms with E-state index >= 15 is 0 Å². The molecule has 0 saturated carbocycles. The third-order valence-electron chi connectivity index (χ3n) is 2.41. The summed E-state index contributed by atoms with van der Waals surface area (Å²) in [5.41, 5.74) is 0.712. The average Bonchev–Trinajstić information content (AvgIpc) is 2.28. The molecule has 2 rings (SSSR count). The molecule has 1 aliphatic rings. The van der Waals surface area contributed by atoms with Crippen molar-refractivity contribution in [1.29, 1.82) is 0 Å². The van der Waals surface area contributed by atoms with Gasteiger partial charge in [0, 0.05) is 12.7 Å². The first-order chi connectivity index (χ1) is 7.97. The fourth-order valence-electron chi connectivity index (χ4n) is 1.63. The monoisotopic (exact) mass is 255 g/mol. The van der Waals surface area contributed by atoms with Crippen molar-refractivity contribution in [3.63, 3.8) is 0 Å². The minimum atomic E-state index is -4.16. The lowest BCUT2D eigenvalue weighted by Gasteiger charge is -2.30. The second kappa shape index (κ2) is 4.34. The molecule has 0 bridgehead atoms. The maximum absolute atomic E-state index is 11.0. The molecule has 6 nitrogen and oxygen atoms in total. The number of rotatable bonds is 2. The molecule has 7 heteroatoms. The van der Waals surface area contributed by atoms with Gasteiger partial charge in [-0.25, -0.2) is 0 Å². The van der Waals surface area contributed by atoms with Crippen LogP contribution in [-0.2, 0) is 10.1 Å². The first-order valence-corrected chi connectivity index (χ1v) is 6.43. The summed E-state index contributed by atoms with van der Waals surface area (Å²) >= 11 is 0. The number of hydrogen-bond donors (Lipinski definition) is 1. The summed E-state index contributed by atoms with van der Waals surface area (Å²) in [6, 6.07) is 6.17. The van der Waals surface area contributed by atoms with E-state index in [-0.39, 0.29) is 4.90 Å². The molecule has 0 aliphatic carbocycles. The lowest BCUT2D eigenvalue weighted by molar-refractivity contribution is 0.478. The Kier molecular flexibility index (Phi) is 3.03. The lowest BCUT2D eigenvalue weighted by Crippen LogP contribution is -2.39. The zero-order valence-corrected chi connectivity index (χ0v) is 10.1. The Balaban J connectivity index is 2.31. The predicted octanol–water partition coefficient (Wildman–Crippen LogP) is 0.628. The van der Waals surface area contributed by atoms with Crippen LogP contribution in [0, 0.1) is 0 Å². The summed E-state index contributed by atoms with van der Waals surface area (Å²) in [6.07, 6.45) is 1.73. The number of aliphatic imine (C=N–C) groups is 1. The van der Waals surface area contributed by atoms with Gasteiger partial charge < -0.3 is 9.80 Å². The molecule has 17 heavy (non-hydrogen) atoms. The first kappa shape index (κ1) is 11.9. The van der Waals surface area contributed by atoms with Gasteiger partial charge in [-0.3, -0.25) is 9.55 Å². The van der Waals surface area contributed by atoms with Crippen molar-refractivity contribution in [2.24, 2.45) is 4.99 Å². The molecule has 0 saturated heterocycles. The van der Waals surface area contributed by atoms with Crippen molar-refractivity contribution in [1.82, 2.24) is 4.90 Å². The van der Waals surface area contributed by atoms with E-state index in [2.05, 4.69) is 4.99 Å². The number of anilines is 1. The molecule has 0 spiro atoms. The van der Waals surface area contributed by atoms with Gasteiger partial charge in [-0.05, 0) is 18.2 Å². The number of benzene rings is 1. The minimum Gasteiger partial charge on any atom is -0.348 e. The Morgan fingerprint density at radius 3 is 2.82 bits per heavy atom. The van der Waals surface area contributed by atoms with Crippen molar-refractivity contribution in [3.8, 4) is 0 Å². The fourth-order valence-corrected chi connectivity index (χ4v) is 2.15. The van der Waals surface area contributed by atoms with Crippen molar-refractivity contribution in [3.05, 3.63) is 24.3 Å². The van der Waals surface area contributed by atoms with Crippen molar-refractivity contribution in [2.45, 2.75) is 4.90 Å². The van der Waals surface area contributed by atoms with Crippen LogP contribution in [0.4, 0.5) is 5.69 Å². The maximum Gasteiger partial charge on any atom is 0.294 e. The molecule has 1 N–H and O–H groups in total. The van der Waals surface area contributed by atoms with Crippen molar-refractivity contribution >= 4 is 22.1 Å². The topological polar surface area (TPSA) is 73.2 Å². The summed E-state index contributed by atoms with van der Waals surface area (Å²) in [7, 11) is -2.28. The van der Waals surface area contributed by atoms with Gasteiger partial charge in [0.25, 0.3) is 10.1 Å². The van der Waals surface area contributed by atoms with Crippen LogP contribution >= 0.6 is 0 Å². The lowest BCUT2D eigenvalue weighted by atomic mass is 10.3. The van der Waals surface area contributed by atoms with Gasteiger partial charge in [-0.1, -0.05) is 6.07 Å². The van der Waals surface area contributed by atoms with Crippen LogP contribution in [0.15, 0.2) is 34.2 Å².